The second-order valence-corrected chi connectivity index (χ2v) is 4.01. The largest absolute Gasteiger partial charge is 0.395 e. The fraction of sp³-hybridized carbons (Fsp3) is 1.00. The van der Waals surface area contributed by atoms with E-state index in [0.29, 0.717) is 0 Å². The summed E-state index contributed by atoms with van der Waals surface area (Å²) in [7, 11) is 0. The molecule has 0 saturated carbocycles. The van der Waals surface area contributed by atoms with Gasteiger partial charge in [0.2, 0.25) is 0 Å². The van der Waals surface area contributed by atoms with Crippen molar-refractivity contribution in [2.45, 2.75) is 38.0 Å². The van der Waals surface area contributed by atoms with Crippen LogP contribution in [0, 0.1) is 0 Å². The SMILES string of the molecule is CCCSC(CO)C(N)CC. The first-order chi connectivity index (χ1) is 5.26. The van der Waals surface area contributed by atoms with Gasteiger partial charge in [0.05, 0.1) is 6.61 Å². The van der Waals surface area contributed by atoms with Crippen molar-refractivity contribution >= 4 is 11.8 Å². The lowest BCUT2D eigenvalue weighted by Crippen LogP contribution is -2.34. The first-order valence-corrected chi connectivity index (χ1v) is 5.29. The molecule has 0 spiro atoms. The second-order valence-electron chi connectivity index (χ2n) is 2.66. The summed E-state index contributed by atoms with van der Waals surface area (Å²) in [6.07, 6.45) is 2.10. The van der Waals surface area contributed by atoms with E-state index in [4.69, 9.17) is 10.8 Å². The van der Waals surface area contributed by atoms with E-state index in [2.05, 4.69) is 13.8 Å². The van der Waals surface area contributed by atoms with Crippen LogP contribution in [-0.2, 0) is 0 Å². The van der Waals surface area contributed by atoms with E-state index in [9.17, 15) is 0 Å². The monoisotopic (exact) mass is 177 g/mol. The van der Waals surface area contributed by atoms with Crippen LogP contribution in [0.1, 0.15) is 26.7 Å². The zero-order valence-electron chi connectivity index (χ0n) is 7.42. The van der Waals surface area contributed by atoms with Gasteiger partial charge in [-0.3, -0.25) is 0 Å². The number of hydrogen-bond acceptors (Lipinski definition) is 3. The number of hydrogen-bond donors (Lipinski definition) is 2. The molecule has 0 aliphatic heterocycles. The molecular formula is C8H19NOS. The summed E-state index contributed by atoms with van der Waals surface area (Å²) in [5.74, 6) is 1.10. The van der Waals surface area contributed by atoms with E-state index in [1.165, 1.54) is 0 Å². The van der Waals surface area contributed by atoms with Gasteiger partial charge >= 0.3 is 0 Å². The van der Waals surface area contributed by atoms with Crippen molar-refractivity contribution in [2.24, 2.45) is 5.73 Å². The Morgan fingerprint density at radius 3 is 2.45 bits per heavy atom. The lowest BCUT2D eigenvalue weighted by Gasteiger charge is -2.19. The van der Waals surface area contributed by atoms with Gasteiger partial charge < -0.3 is 10.8 Å². The van der Waals surface area contributed by atoms with Gasteiger partial charge in [-0.1, -0.05) is 13.8 Å². The molecular weight excluding hydrogens is 158 g/mol. The van der Waals surface area contributed by atoms with E-state index in [0.717, 1.165) is 18.6 Å². The second kappa shape index (κ2) is 6.95. The van der Waals surface area contributed by atoms with E-state index in [1.807, 2.05) is 0 Å². The minimum absolute atomic E-state index is 0.150. The molecule has 0 heterocycles. The van der Waals surface area contributed by atoms with Gasteiger partial charge in [0.25, 0.3) is 0 Å². The number of rotatable bonds is 6. The minimum atomic E-state index is 0.150. The zero-order valence-corrected chi connectivity index (χ0v) is 8.23. The Hall–Kier alpha value is 0.270. The first-order valence-electron chi connectivity index (χ1n) is 4.24. The third-order valence-corrected chi connectivity index (χ3v) is 3.24. The van der Waals surface area contributed by atoms with E-state index < -0.39 is 0 Å². The van der Waals surface area contributed by atoms with Gasteiger partial charge in [-0.25, -0.2) is 0 Å². The van der Waals surface area contributed by atoms with Crippen LogP contribution in [0.2, 0.25) is 0 Å². The van der Waals surface area contributed by atoms with Gasteiger partial charge in [0.1, 0.15) is 0 Å². The van der Waals surface area contributed by atoms with Crippen LogP contribution in [0.5, 0.6) is 0 Å². The Labute approximate surface area is 73.6 Å². The van der Waals surface area contributed by atoms with E-state index >= 15 is 0 Å². The molecule has 68 valence electrons. The predicted molar refractivity (Wildman–Crippen MR) is 51.9 cm³/mol. The highest BCUT2D eigenvalue weighted by atomic mass is 32.2. The normalized spacial score (nSPS) is 16.4. The Balaban J connectivity index is 3.56. The van der Waals surface area contributed by atoms with Crippen LogP contribution < -0.4 is 5.73 Å². The van der Waals surface area contributed by atoms with Crippen LogP contribution in [0.15, 0.2) is 0 Å². The number of thioether (sulfide) groups is 1. The lowest BCUT2D eigenvalue weighted by molar-refractivity contribution is 0.281. The quantitative estimate of drug-likeness (QED) is 0.641. The molecule has 2 unspecified atom stereocenters. The molecule has 0 aliphatic carbocycles. The molecule has 0 aromatic carbocycles. The van der Waals surface area contributed by atoms with Crippen LogP contribution in [0.4, 0.5) is 0 Å². The third-order valence-electron chi connectivity index (χ3n) is 1.66. The van der Waals surface area contributed by atoms with Gasteiger partial charge in [-0.15, -0.1) is 0 Å². The topological polar surface area (TPSA) is 46.2 Å². The minimum Gasteiger partial charge on any atom is -0.395 e. The summed E-state index contributed by atoms with van der Waals surface area (Å²) < 4.78 is 0. The molecule has 0 rings (SSSR count). The van der Waals surface area contributed by atoms with Gasteiger partial charge in [-0.2, -0.15) is 11.8 Å². The van der Waals surface area contributed by atoms with Crippen LogP contribution in [-0.4, -0.2) is 28.8 Å². The van der Waals surface area contributed by atoms with Gasteiger partial charge in [0.15, 0.2) is 0 Å². The molecule has 3 N–H and O–H groups in total. The predicted octanol–water partition coefficient (Wildman–Crippen LogP) is 1.23. The maximum Gasteiger partial charge on any atom is 0.0565 e. The van der Waals surface area contributed by atoms with Crippen molar-refractivity contribution in [2.75, 3.05) is 12.4 Å². The molecule has 0 radical (unpaired) electrons. The molecule has 0 aromatic heterocycles. The highest BCUT2D eigenvalue weighted by molar-refractivity contribution is 7.99. The van der Waals surface area contributed by atoms with Gasteiger partial charge in [-0.05, 0) is 18.6 Å². The van der Waals surface area contributed by atoms with E-state index in [-0.39, 0.29) is 17.9 Å². The number of aliphatic hydroxyl groups excluding tert-OH is 1. The Bertz CT molecular complexity index is 90.2. The summed E-state index contributed by atoms with van der Waals surface area (Å²) in [6, 6.07) is 0.150. The van der Waals surface area contributed by atoms with E-state index in [1.54, 1.807) is 11.8 Å². The molecule has 0 amide bonds. The highest BCUT2D eigenvalue weighted by Crippen LogP contribution is 2.15. The van der Waals surface area contributed by atoms with Crippen molar-refractivity contribution in [1.29, 1.82) is 0 Å². The molecule has 3 heteroatoms. The summed E-state index contributed by atoms with van der Waals surface area (Å²) in [5, 5.41) is 9.19. The van der Waals surface area contributed by atoms with Crippen molar-refractivity contribution in [3.63, 3.8) is 0 Å². The lowest BCUT2D eigenvalue weighted by atomic mass is 10.2. The standard InChI is InChI=1S/C8H19NOS/c1-3-5-11-8(6-10)7(9)4-2/h7-8,10H,3-6,9H2,1-2H3. The summed E-state index contributed by atoms with van der Waals surface area (Å²) in [5.41, 5.74) is 5.79. The Morgan fingerprint density at radius 1 is 1.45 bits per heavy atom. The van der Waals surface area contributed by atoms with Crippen molar-refractivity contribution in [1.82, 2.24) is 0 Å². The summed E-state index contributed by atoms with van der Waals surface area (Å²) in [4.78, 5) is 0. The molecule has 2 nitrogen and oxygen atoms in total. The van der Waals surface area contributed by atoms with Gasteiger partial charge in [0, 0.05) is 11.3 Å². The molecule has 11 heavy (non-hydrogen) atoms. The molecule has 0 saturated heterocycles. The Kier molecular flexibility index (Phi) is 7.12. The average molecular weight is 177 g/mol. The van der Waals surface area contributed by atoms with Crippen molar-refractivity contribution in [3.05, 3.63) is 0 Å². The smallest absolute Gasteiger partial charge is 0.0565 e. The molecule has 0 bridgehead atoms. The number of nitrogens with two attached hydrogens (primary N) is 1. The Morgan fingerprint density at radius 2 is 2.09 bits per heavy atom. The fourth-order valence-corrected chi connectivity index (χ4v) is 1.93. The summed E-state index contributed by atoms with van der Waals surface area (Å²) >= 11 is 1.78. The number of aliphatic hydroxyl groups is 1. The molecule has 2 atom stereocenters. The fourth-order valence-electron chi connectivity index (χ4n) is 0.844. The average Bonchev–Trinajstić information content (AvgIpc) is 2.05. The van der Waals surface area contributed by atoms with Crippen LogP contribution in [0.25, 0.3) is 0 Å². The maximum absolute atomic E-state index is 8.95. The van der Waals surface area contributed by atoms with Crippen molar-refractivity contribution in [3.8, 4) is 0 Å². The zero-order chi connectivity index (χ0) is 8.69. The van der Waals surface area contributed by atoms with Crippen molar-refractivity contribution < 1.29 is 5.11 Å². The first kappa shape index (κ1) is 11.3. The molecule has 0 aromatic rings. The molecule has 0 fully saturated rings. The highest BCUT2D eigenvalue weighted by Gasteiger charge is 2.14. The van der Waals surface area contributed by atoms with Crippen LogP contribution >= 0.6 is 11.8 Å². The summed E-state index contributed by atoms with van der Waals surface area (Å²) in [6.45, 7) is 4.40. The third kappa shape index (κ3) is 4.67. The van der Waals surface area contributed by atoms with Crippen LogP contribution in [0.3, 0.4) is 0 Å². The molecule has 0 aliphatic rings. The maximum atomic E-state index is 8.95.